The van der Waals surface area contributed by atoms with Crippen molar-refractivity contribution >= 4 is 50.7 Å². The molecule has 5 heteroatoms. The third-order valence-electron chi connectivity index (χ3n) is 10.3. The molecule has 0 radical (unpaired) electrons. The maximum atomic E-state index is 9.49. The van der Waals surface area contributed by atoms with Gasteiger partial charge in [0.05, 0.1) is 22.8 Å². The van der Waals surface area contributed by atoms with Crippen LogP contribution >= 0.6 is 0 Å². The largest absolute Gasteiger partial charge is 0.455 e. The van der Waals surface area contributed by atoms with E-state index in [1.807, 2.05) is 84.9 Å². The highest BCUT2D eigenvalue weighted by Crippen LogP contribution is 2.39. The van der Waals surface area contributed by atoms with Crippen molar-refractivity contribution < 1.29 is 4.42 Å². The van der Waals surface area contributed by atoms with Gasteiger partial charge in [0, 0.05) is 49.9 Å². The molecule has 0 bridgehead atoms. The van der Waals surface area contributed by atoms with Crippen molar-refractivity contribution in [3.8, 4) is 33.9 Å². The highest BCUT2D eigenvalue weighted by Gasteiger charge is 2.24. The second-order valence-corrected chi connectivity index (χ2v) is 13.8. The van der Waals surface area contributed by atoms with E-state index in [1.165, 1.54) is 0 Å². The van der Waals surface area contributed by atoms with E-state index in [0.29, 0.717) is 11.5 Å². The van der Waals surface area contributed by atoms with Crippen LogP contribution in [0.25, 0.3) is 78.9 Å². The summed E-state index contributed by atoms with van der Waals surface area (Å²) in [7, 11) is 0. The standard InChI is InChI=1S/C51H34N4O/c52-48(36-19-8-3-9-20-36)47(35-17-6-2-7-18-35)49-39-22-11-10-21-38(39)31-43(53-49)34-27-29-37(30-28-34)51-54-44(33-15-4-1-5-16-33)32-45(55-51)42-25-14-24-41-40-23-12-13-26-46(40)56-50(41)42/h1-32,52-53H/b49-47-,52-48?. The van der Waals surface area contributed by atoms with E-state index < -0.39 is 0 Å². The Morgan fingerprint density at radius 1 is 0.500 bits per heavy atom. The van der Waals surface area contributed by atoms with Crippen molar-refractivity contribution in [1.29, 1.82) is 5.41 Å². The normalized spacial score (nSPS) is 13.2. The Morgan fingerprint density at radius 3 is 1.89 bits per heavy atom. The first kappa shape index (κ1) is 33.0. The second kappa shape index (κ2) is 14.0. The Hall–Kier alpha value is -7.63. The van der Waals surface area contributed by atoms with Crippen LogP contribution in [0.15, 0.2) is 192 Å². The molecule has 264 valence electrons. The Morgan fingerprint density at radius 2 is 1.11 bits per heavy atom. The minimum atomic E-state index is 0.454. The van der Waals surface area contributed by atoms with Crippen molar-refractivity contribution in [2.24, 2.45) is 0 Å². The number of nitrogens with one attached hydrogen (secondary N) is 2. The summed E-state index contributed by atoms with van der Waals surface area (Å²) in [6.45, 7) is 0. The van der Waals surface area contributed by atoms with Crippen LogP contribution in [0.3, 0.4) is 0 Å². The number of hydrogen-bond acceptors (Lipinski definition) is 5. The van der Waals surface area contributed by atoms with Gasteiger partial charge in [0.15, 0.2) is 5.82 Å². The van der Waals surface area contributed by atoms with Gasteiger partial charge in [0.1, 0.15) is 11.2 Å². The van der Waals surface area contributed by atoms with Crippen LogP contribution in [-0.4, -0.2) is 15.7 Å². The molecular weight excluding hydrogens is 685 g/mol. The first-order chi connectivity index (χ1) is 27.7. The lowest BCUT2D eigenvalue weighted by atomic mass is 9.88. The third kappa shape index (κ3) is 5.98. The lowest BCUT2D eigenvalue weighted by Gasteiger charge is -2.26. The minimum absolute atomic E-state index is 0.454. The Bertz CT molecular complexity index is 2980. The molecule has 10 rings (SSSR count). The number of allylic oxidation sites excluding steroid dienone is 1. The molecule has 0 atom stereocenters. The predicted molar refractivity (Wildman–Crippen MR) is 230 cm³/mol. The fourth-order valence-electron chi connectivity index (χ4n) is 7.58. The average Bonchev–Trinajstić information content (AvgIpc) is 3.66. The zero-order chi connectivity index (χ0) is 37.4. The molecule has 0 fully saturated rings. The van der Waals surface area contributed by atoms with Crippen LogP contribution in [0.1, 0.15) is 27.8 Å². The molecule has 0 saturated carbocycles. The lowest BCUT2D eigenvalue weighted by Crippen LogP contribution is -2.20. The van der Waals surface area contributed by atoms with Crippen molar-refractivity contribution in [3.63, 3.8) is 0 Å². The molecule has 0 unspecified atom stereocenters. The average molecular weight is 719 g/mol. The summed E-state index contributed by atoms with van der Waals surface area (Å²) >= 11 is 0. The van der Waals surface area contributed by atoms with Gasteiger partial charge in [-0.25, -0.2) is 9.97 Å². The summed E-state index contributed by atoms with van der Waals surface area (Å²) < 4.78 is 6.44. The van der Waals surface area contributed by atoms with Crippen molar-refractivity contribution in [2.75, 3.05) is 0 Å². The number of furan rings is 1. The molecule has 2 N–H and O–H groups in total. The maximum Gasteiger partial charge on any atom is 0.160 e. The second-order valence-electron chi connectivity index (χ2n) is 13.8. The third-order valence-corrected chi connectivity index (χ3v) is 10.3. The van der Waals surface area contributed by atoms with Gasteiger partial charge in [-0.2, -0.15) is 0 Å². The molecule has 0 amide bonds. The summed E-state index contributed by atoms with van der Waals surface area (Å²) in [5.74, 6) is 0.625. The van der Waals surface area contributed by atoms with Gasteiger partial charge in [-0.1, -0.05) is 170 Å². The lowest BCUT2D eigenvalue weighted by molar-refractivity contribution is 0.670. The Balaban J connectivity index is 1.08. The fraction of sp³-hybridized carbons (Fsp3) is 0. The molecule has 0 aliphatic carbocycles. The number of hydrogen-bond donors (Lipinski definition) is 2. The zero-order valence-electron chi connectivity index (χ0n) is 30.3. The summed E-state index contributed by atoms with van der Waals surface area (Å²) in [6, 6.07) is 63.5. The van der Waals surface area contributed by atoms with E-state index in [1.54, 1.807) is 0 Å². The number of benzene rings is 7. The first-order valence-electron chi connectivity index (χ1n) is 18.7. The van der Waals surface area contributed by atoms with Crippen LogP contribution in [0.4, 0.5) is 0 Å². The molecule has 1 aliphatic rings. The van der Waals surface area contributed by atoms with Crippen LogP contribution in [0, 0.1) is 5.41 Å². The summed E-state index contributed by atoms with van der Waals surface area (Å²) in [6.07, 6.45) is 2.18. The Kier molecular flexibility index (Phi) is 8.23. The molecular formula is C51H34N4O. The number of aromatic nitrogens is 2. The predicted octanol–water partition coefficient (Wildman–Crippen LogP) is 12.4. The van der Waals surface area contributed by atoms with Crippen molar-refractivity contribution in [1.82, 2.24) is 15.3 Å². The monoisotopic (exact) mass is 718 g/mol. The van der Waals surface area contributed by atoms with E-state index in [0.717, 1.165) is 94.8 Å². The van der Waals surface area contributed by atoms with Crippen LogP contribution in [0.5, 0.6) is 0 Å². The number of para-hydroxylation sites is 2. The summed E-state index contributed by atoms with van der Waals surface area (Å²) in [4.78, 5) is 10.3. The van der Waals surface area contributed by atoms with E-state index >= 15 is 0 Å². The van der Waals surface area contributed by atoms with Crippen LogP contribution < -0.4 is 5.32 Å². The van der Waals surface area contributed by atoms with Gasteiger partial charge < -0.3 is 9.73 Å². The summed E-state index contributed by atoms with van der Waals surface area (Å²) in [5.41, 5.74) is 14.2. The van der Waals surface area contributed by atoms with E-state index in [9.17, 15) is 5.41 Å². The molecule has 0 spiro atoms. The molecule has 3 heterocycles. The highest BCUT2D eigenvalue weighted by molar-refractivity contribution is 6.36. The summed E-state index contributed by atoms with van der Waals surface area (Å²) in [5, 5.41) is 15.4. The highest BCUT2D eigenvalue weighted by atomic mass is 16.3. The van der Waals surface area contributed by atoms with Gasteiger partial charge in [-0.3, -0.25) is 5.41 Å². The van der Waals surface area contributed by atoms with Crippen molar-refractivity contribution in [3.05, 3.63) is 216 Å². The van der Waals surface area contributed by atoms with Gasteiger partial charge in [0.25, 0.3) is 0 Å². The molecule has 2 aromatic heterocycles. The first-order valence-corrected chi connectivity index (χ1v) is 18.7. The van der Waals surface area contributed by atoms with E-state index in [-0.39, 0.29) is 0 Å². The quantitative estimate of drug-likeness (QED) is 0.161. The van der Waals surface area contributed by atoms with E-state index in [2.05, 4.69) is 115 Å². The molecule has 9 aromatic rings. The van der Waals surface area contributed by atoms with Crippen molar-refractivity contribution in [2.45, 2.75) is 0 Å². The fourth-order valence-corrected chi connectivity index (χ4v) is 7.58. The van der Waals surface area contributed by atoms with Gasteiger partial charge in [-0.15, -0.1) is 0 Å². The zero-order valence-corrected chi connectivity index (χ0v) is 30.3. The van der Waals surface area contributed by atoms with Crippen LogP contribution in [-0.2, 0) is 0 Å². The van der Waals surface area contributed by atoms with Gasteiger partial charge >= 0.3 is 0 Å². The Labute approximate surface area is 324 Å². The topological polar surface area (TPSA) is 74.8 Å². The molecule has 1 aliphatic heterocycles. The number of nitrogens with zero attached hydrogens (tertiary/aromatic N) is 2. The minimum Gasteiger partial charge on any atom is -0.455 e. The number of rotatable bonds is 7. The molecule has 7 aromatic carbocycles. The molecule has 56 heavy (non-hydrogen) atoms. The van der Waals surface area contributed by atoms with Gasteiger partial charge in [0.2, 0.25) is 0 Å². The smallest absolute Gasteiger partial charge is 0.160 e. The maximum absolute atomic E-state index is 9.49. The SMILES string of the molecule is N=C(/C(=C1\NC(c2ccc(-c3nc(-c4ccccc4)cc(-c4cccc5c4oc4ccccc45)n3)cc2)=Cc2ccccc21)c1ccccc1)c1ccccc1. The number of fused-ring (bicyclic) bond motifs is 4. The molecule has 0 saturated heterocycles. The van der Waals surface area contributed by atoms with Crippen LogP contribution in [0.2, 0.25) is 0 Å². The van der Waals surface area contributed by atoms with E-state index in [4.69, 9.17) is 14.4 Å². The molecule has 5 nitrogen and oxygen atoms in total. The van der Waals surface area contributed by atoms with Gasteiger partial charge in [-0.05, 0) is 41.0 Å².